The Bertz CT molecular complexity index is 889. The molecule has 2 aromatic carbocycles. The Balaban J connectivity index is 1.79. The van der Waals surface area contributed by atoms with Gasteiger partial charge in [0.1, 0.15) is 4.88 Å². The van der Waals surface area contributed by atoms with Crippen LogP contribution in [0.4, 0.5) is 0 Å². The molecule has 3 nitrogen and oxygen atoms in total. The summed E-state index contributed by atoms with van der Waals surface area (Å²) in [6.45, 7) is 2.56. The van der Waals surface area contributed by atoms with Crippen LogP contribution in [0.3, 0.4) is 0 Å². The molecule has 0 radical (unpaired) electrons. The van der Waals surface area contributed by atoms with Crippen molar-refractivity contribution in [3.05, 3.63) is 69.6 Å². The predicted molar refractivity (Wildman–Crippen MR) is 107 cm³/mol. The van der Waals surface area contributed by atoms with E-state index < -0.39 is 0 Å². The molecule has 1 N–H and O–H groups in total. The van der Waals surface area contributed by atoms with Gasteiger partial charge in [-0.25, -0.2) is 0 Å². The van der Waals surface area contributed by atoms with Crippen LogP contribution in [0.2, 0.25) is 5.02 Å². The number of benzene rings is 2. The van der Waals surface area contributed by atoms with Crippen molar-refractivity contribution in [2.24, 2.45) is 0 Å². The number of hydrogen-bond acceptors (Lipinski definition) is 3. The van der Waals surface area contributed by atoms with E-state index in [0.717, 1.165) is 15.6 Å². The molecule has 0 saturated heterocycles. The fourth-order valence-corrected chi connectivity index (χ4v) is 4.39. The smallest absolute Gasteiger partial charge is 0.262 e. The molecule has 1 unspecified atom stereocenters. The molecular weight excluding hydrogens is 352 g/mol. The van der Waals surface area contributed by atoms with Crippen LogP contribution in [0.1, 0.15) is 26.8 Å². The monoisotopic (exact) mass is 372 g/mol. The number of likely N-dealkylation sites (N-methyl/N-ethyl adjacent to an activating group) is 1. The molecule has 5 heteroatoms. The lowest BCUT2D eigenvalue weighted by atomic mass is 10.1. The Hall–Kier alpha value is -1.88. The second-order valence-electron chi connectivity index (χ2n) is 6.34. The number of carbonyl (C=O) groups is 1. The lowest BCUT2D eigenvalue weighted by Gasteiger charge is -2.25. The highest BCUT2D eigenvalue weighted by molar-refractivity contribution is 7.21. The molecular formula is C20H21ClN2OS. The molecule has 0 aliphatic carbocycles. The van der Waals surface area contributed by atoms with E-state index in [4.69, 9.17) is 11.6 Å². The minimum absolute atomic E-state index is 0.112. The Morgan fingerprint density at radius 2 is 1.92 bits per heavy atom. The first kappa shape index (κ1) is 17.9. The predicted octanol–water partition coefficient (Wildman–Crippen LogP) is 4.90. The molecule has 0 spiro atoms. The Kier molecular flexibility index (Phi) is 5.42. The Morgan fingerprint density at radius 3 is 2.60 bits per heavy atom. The van der Waals surface area contributed by atoms with Crippen molar-refractivity contribution in [2.75, 3.05) is 20.6 Å². The van der Waals surface area contributed by atoms with E-state index in [2.05, 4.69) is 28.4 Å². The van der Waals surface area contributed by atoms with E-state index in [1.165, 1.54) is 16.9 Å². The fraction of sp³-hybridized carbons (Fsp3) is 0.250. The highest BCUT2D eigenvalue weighted by Gasteiger charge is 2.20. The van der Waals surface area contributed by atoms with Crippen LogP contribution in [-0.2, 0) is 0 Å². The van der Waals surface area contributed by atoms with Crippen molar-refractivity contribution < 1.29 is 4.79 Å². The zero-order valence-corrected chi connectivity index (χ0v) is 16.1. The number of amides is 1. The van der Waals surface area contributed by atoms with Crippen LogP contribution in [0.5, 0.6) is 0 Å². The van der Waals surface area contributed by atoms with Gasteiger partial charge in [0.05, 0.1) is 11.1 Å². The van der Waals surface area contributed by atoms with Crippen molar-refractivity contribution in [2.45, 2.75) is 13.0 Å². The van der Waals surface area contributed by atoms with E-state index in [-0.39, 0.29) is 11.9 Å². The summed E-state index contributed by atoms with van der Waals surface area (Å²) in [6.07, 6.45) is 0. The molecule has 1 heterocycles. The normalized spacial score (nSPS) is 12.5. The van der Waals surface area contributed by atoms with Gasteiger partial charge < -0.3 is 10.2 Å². The van der Waals surface area contributed by atoms with Crippen LogP contribution in [0, 0.1) is 6.92 Å². The Labute approximate surface area is 157 Å². The van der Waals surface area contributed by atoms with Gasteiger partial charge in [-0.3, -0.25) is 4.79 Å². The lowest BCUT2D eigenvalue weighted by molar-refractivity contribution is 0.0946. The van der Waals surface area contributed by atoms with E-state index in [0.29, 0.717) is 16.4 Å². The van der Waals surface area contributed by atoms with Crippen molar-refractivity contribution in [3.8, 4) is 0 Å². The van der Waals surface area contributed by atoms with Gasteiger partial charge in [0.15, 0.2) is 0 Å². The molecule has 0 fully saturated rings. The molecule has 0 saturated carbocycles. The third-order valence-electron chi connectivity index (χ3n) is 4.25. The van der Waals surface area contributed by atoms with Crippen LogP contribution in [0.15, 0.2) is 48.5 Å². The van der Waals surface area contributed by atoms with Crippen LogP contribution >= 0.6 is 22.9 Å². The first-order chi connectivity index (χ1) is 12.0. The number of fused-ring (bicyclic) bond motifs is 1. The van der Waals surface area contributed by atoms with Crippen molar-refractivity contribution in [1.82, 2.24) is 10.2 Å². The number of carbonyl (C=O) groups excluding carboxylic acids is 1. The number of rotatable bonds is 5. The van der Waals surface area contributed by atoms with Gasteiger partial charge in [-0.1, -0.05) is 54.1 Å². The van der Waals surface area contributed by atoms with Gasteiger partial charge in [-0.2, -0.15) is 0 Å². The standard InChI is InChI=1S/C20H21ClN2OS/c1-13-9-10-15-17(11-13)25-19(18(15)21)20(24)22-12-16(23(2)3)14-7-5-4-6-8-14/h4-11,16H,12H2,1-3H3,(H,22,24). The first-order valence-electron chi connectivity index (χ1n) is 8.15. The highest BCUT2D eigenvalue weighted by atomic mass is 35.5. The minimum atomic E-state index is -0.119. The van der Waals surface area contributed by atoms with Crippen LogP contribution in [0.25, 0.3) is 10.1 Å². The SMILES string of the molecule is Cc1ccc2c(Cl)c(C(=O)NCC(c3ccccc3)N(C)C)sc2c1. The first-order valence-corrected chi connectivity index (χ1v) is 9.35. The summed E-state index contributed by atoms with van der Waals surface area (Å²) < 4.78 is 1.04. The highest BCUT2D eigenvalue weighted by Crippen LogP contribution is 2.35. The van der Waals surface area contributed by atoms with Crippen molar-refractivity contribution in [1.29, 1.82) is 0 Å². The summed E-state index contributed by atoms with van der Waals surface area (Å²) >= 11 is 7.88. The van der Waals surface area contributed by atoms with Gasteiger partial charge in [0.25, 0.3) is 5.91 Å². The largest absolute Gasteiger partial charge is 0.349 e. The maximum absolute atomic E-state index is 12.7. The summed E-state index contributed by atoms with van der Waals surface area (Å²) in [6, 6.07) is 16.3. The number of halogens is 1. The molecule has 0 aliphatic heterocycles. The van der Waals surface area contributed by atoms with E-state index >= 15 is 0 Å². The quantitative estimate of drug-likeness (QED) is 0.691. The maximum atomic E-state index is 12.7. The number of hydrogen-bond donors (Lipinski definition) is 1. The number of nitrogens with one attached hydrogen (secondary N) is 1. The van der Waals surface area contributed by atoms with Gasteiger partial charge in [0, 0.05) is 16.6 Å². The average Bonchev–Trinajstić information content (AvgIpc) is 2.91. The molecule has 3 rings (SSSR count). The number of thiophene rings is 1. The summed E-state index contributed by atoms with van der Waals surface area (Å²) in [5.74, 6) is -0.119. The molecule has 25 heavy (non-hydrogen) atoms. The second-order valence-corrected chi connectivity index (χ2v) is 7.78. The zero-order valence-electron chi connectivity index (χ0n) is 14.5. The van der Waals surface area contributed by atoms with Gasteiger partial charge in [0.2, 0.25) is 0 Å². The van der Waals surface area contributed by atoms with E-state index in [1.807, 2.05) is 51.4 Å². The van der Waals surface area contributed by atoms with Gasteiger partial charge in [-0.15, -0.1) is 11.3 Å². The topological polar surface area (TPSA) is 32.3 Å². The molecule has 1 amide bonds. The summed E-state index contributed by atoms with van der Waals surface area (Å²) in [5, 5.41) is 4.52. The van der Waals surface area contributed by atoms with Gasteiger partial charge in [-0.05, 0) is 38.2 Å². The third-order valence-corrected chi connectivity index (χ3v) is 5.91. The molecule has 130 valence electrons. The molecule has 3 aromatic rings. The second kappa shape index (κ2) is 7.56. The van der Waals surface area contributed by atoms with E-state index in [9.17, 15) is 4.79 Å². The molecule has 1 aromatic heterocycles. The third kappa shape index (κ3) is 3.87. The average molecular weight is 373 g/mol. The molecule has 0 aliphatic rings. The Morgan fingerprint density at radius 1 is 1.20 bits per heavy atom. The van der Waals surface area contributed by atoms with E-state index in [1.54, 1.807) is 0 Å². The summed E-state index contributed by atoms with van der Waals surface area (Å²) in [5.41, 5.74) is 2.33. The maximum Gasteiger partial charge on any atom is 0.262 e. The minimum Gasteiger partial charge on any atom is -0.349 e. The van der Waals surface area contributed by atoms with Crippen molar-refractivity contribution >= 4 is 38.9 Å². The number of nitrogens with zero attached hydrogens (tertiary/aromatic N) is 1. The molecule has 0 bridgehead atoms. The van der Waals surface area contributed by atoms with Crippen LogP contribution < -0.4 is 5.32 Å². The fourth-order valence-electron chi connectivity index (χ4n) is 2.86. The molecule has 1 atom stereocenters. The summed E-state index contributed by atoms with van der Waals surface area (Å²) in [7, 11) is 4.03. The summed E-state index contributed by atoms with van der Waals surface area (Å²) in [4.78, 5) is 15.4. The van der Waals surface area contributed by atoms with Crippen LogP contribution in [-0.4, -0.2) is 31.4 Å². The number of aryl methyl sites for hydroxylation is 1. The van der Waals surface area contributed by atoms with Crippen molar-refractivity contribution in [3.63, 3.8) is 0 Å². The lowest BCUT2D eigenvalue weighted by Crippen LogP contribution is -2.34. The van der Waals surface area contributed by atoms with Gasteiger partial charge >= 0.3 is 0 Å². The zero-order chi connectivity index (χ0) is 18.0.